The van der Waals surface area contributed by atoms with Crippen molar-refractivity contribution in [2.75, 3.05) is 6.54 Å². The van der Waals surface area contributed by atoms with Crippen LogP contribution in [0.15, 0.2) is 24.3 Å². The molecule has 1 N–H and O–H groups in total. The van der Waals surface area contributed by atoms with E-state index in [-0.39, 0.29) is 17.1 Å². The SMILES string of the molecule is C[C@@H](OC(=O)CN1C(=O)NC2(CCCC2)C1=O)C(=O)c1ccc(C(C)(C)C)cc1. The van der Waals surface area contributed by atoms with Crippen molar-refractivity contribution in [3.05, 3.63) is 35.4 Å². The van der Waals surface area contributed by atoms with Crippen molar-refractivity contribution in [2.45, 2.75) is 70.4 Å². The molecule has 2 aliphatic rings. The highest BCUT2D eigenvalue weighted by atomic mass is 16.5. The molecule has 3 rings (SSSR count). The number of rotatable bonds is 5. The van der Waals surface area contributed by atoms with Gasteiger partial charge in [0.25, 0.3) is 5.91 Å². The fourth-order valence-electron chi connectivity index (χ4n) is 3.92. The van der Waals surface area contributed by atoms with E-state index < -0.39 is 30.2 Å². The van der Waals surface area contributed by atoms with Gasteiger partial charge in [-0.1, -0.05) is 57.9 Å². The summed E-state index contributed by atoms with van der Waals surface area (Å²) in [5, 5.41) is 2.72. The zero-order chi connectivity index (χ0) is 21.4. The molecule has 2 fully saturated rings. The van der Waals surface area contributed by atoms with Crippen LogP contribution >= 0.6 is 0 Å². The number of Topliss-reactive ketones (excluding diaryl/α,β-unsaturated/α-hetero) is 1. The molecule has 7 heteroatoms. The van der Waals surface area contributed by atoms with Crippen molar-refractivity contribution in [3.63, 3.8) is 0 Å². The van der Waals surface area contributed by atoms with Gasteiger partial charge in [0.05, 0.1) is 0 Å². The van der Waals surface area contributed by atoms with Crippen LogP contribution in [0.5, 0.6) is 0 Å². The van der Waals surface area contributed by atoms with Gasteiger partial charge in [0, 0.05) is 5.56 Å². The summed E-state index contributed by atoms with van der Waals surface area (Å²) in [6, 6.07) is 6.63. The normalized spacial score (nSPS) is 19.4. The Bertz CT molecular complexity index is 832. The number of urea groups is 1. The largest absolute Gasteiger partial charge is 0.453 e. The van der Waals surface area contributed by atoms with Gasteiger partial charge in [0.2, 0.25) is 5.78 Å². The number of ether oxygens (including phenoxy) is 1. The number of nitrogens with one attached hydrogen (secondary N) is 1. The summed E-state index contributed by atoms with van der Waals surface area (Å²) in [6.45, 7) is 7.24. The molecular weight excluding hydrogens is 372 g/mol. The molecule has 1 saturated heterocycles. The standard InChI is InChI=1S/C22H28N2O5/c1-14(18(26)15-7-9-16(10-8-15)21(2,3)4)29-17(25)13-24-19(27)22(23-20(24)28)11-5-6-12-22/h7-10,14H,5-6,11-13H2,1-4H3,(H,23,28)/t14-/m1/s1. The van der Waals surface area contributed by atoms with Crippen LogP contribution in [0.25, 0.3) is 0 Å². The van der Waals surface area contributed by atoms with Gasteiger partial charge >= 0.3 is 12.0 Å². The van der Waals surface area contributed by atoms with E-state index in [2.05, 4.69) is 26.1 Å². The second-order valence-corrected chi connectivity index (χ2v) is 8.93. The molecule has 1 saturated carbocycles. The lowest BCUT2D eigenvalue weighted by molar-refractivity contribution is -0.149. The Morgan fingerprint density at radius 2 is 1.72 bits per heavy atom. The topological polar surface area (TPSA) is 92.8 Å². The van der Waals surface area contributed by atoms with Gasteiger partial charge in [0.1, 0.15) is 12.1 Å². The fourth-order valence-corrected chi connectivity index (χ4v) is 3.92. The van der Waals surface area contributed by atoms with Crippen molar-refractivity contribution in [2.24, 2.45) is 0 Å². The summed E-state index contributed by atoms with van der Waals surface area (Å²) >= 11 is 0. The predicted octanol–water partition coefficient (Wildman–Crippen LogP) is 2.96. The maximum atomic E-state index is 12.6. The van der Waals surface area contributed by atoms with Crippen LogP contribution in [0.2, 0.25) is 0 Å². The molecule has 0 aromatic heterocycles. The molecule has 1 atom stereocenters. The lowest BCUT2D eigenvalue weighted by Crippen LogP contribution is -2.44. The summed E-state index contributed by atoms with van der Waals surface area (Å²) in [5.74, 6) is -1.49. The van der Waals surface area contributed by atoms with Crippen molar-refractivity contribution >= 4 is 23.7 Å². The number of benzene rings is 1. The maximum absolute atomic E-state index is 12.6. The number of imide groups is 1. The summed E-state index contributed by atoms with van der Waals surface area (Å²) in [5.41, 5.74) is 0.642. The first-order valence-corrected chi connectivity index (χ1v) is 10.0. The van der Waals surface area contributed by atoms with E-state index in [1.165, 1.54) is 6.92 Å². The van der Waals surface area contributed by atoms with Gasteiger partial charge in [-0.15, -0.1) is 0 Å². The molecule has 1 aromatic rings. The van der Waals surface area contributed by atoms with Crippen LogP contribution in [-0.2, 0) is 19.7 Å². The third-order valence-electron chi connectivity index (χ3n) is 5.70. The first-order valence-electron chi connectivity index (χ1n) is 10.0. The number of hydrogen-bond donors (Lipinski definition) is 1. The Labute approximate surface area is 170 Å². The lowest BCUT2D eigenvalue weighted by Gasteiger charge is -2.20. The summed E-state index contributed by atoms with van der Waals surface area (Å²) in [7, 11) is 0. The summed E-state index contributed by atoms with van der Waals surface area (Å²) < 4.78 is 5.21. The minimum Gasteiger partial charge on any atom is -0.453 e. The molecule has 156 valence electrons. The second kappa shape index (κ2) is 7.61. The van der Waals surface area contributed by atoms with Gasteiger partial charge < -0.3 is 10.1 Å². The predicted molar refractivity (Wildman–Crippen MR) is 106 cm³/mol. The van der Waals surface area contributed by atoms with Crippen molar-refractivity contribution in [3.8, 4) is 0 Å². The molecule has 1 spiro atoms. The monoisotopic (exact) mass is 400 g/mol. The Morgan fingerprint density at radius 3 is 2.28 bits per heavy atom. The van der Waals surface area contributed by atoms with E-state index in [1.54, 1.807) is 12.1 Å². The summed E-state index contributed by atoms with van der Waals surface area (Å²) in [6.07, 6.45) is 1.89. The third kappa shape index (κ3) is 4.18. The Balaban J connectivity index is 1.59. The number of carbonyl (C=O) groups is 4. The van der Waals surface area contributed by atoms with Crippen molar-refractivity contribution in [1.29, 1.82) is 0 Å². The highest BCUT2D eigenvalue weighted by molar-refractivity contribution is 6.09. The first-order chi connectivity index (χ1) is 13.5. The van der Waals surface area contributed by atoms with E-state index in [0.29, 0.717) is 18.4 Å². The molecule has 0 unspecified atom stereocenters. The Hall–Kier alpha value is -2.70. The van der Waals surface area contributed by atoms with E-state index in [9.17, 15) is 19.2 Å². The molecule has 7 nitrogen and oxygen atoms in total. The van der Waals surface area contributed by atoms with E-state index in [1.807, 2.05) is 12.1 Å². The molecular formula is C22H28N2O5. The van der Waals surface area contributed by atoms with E-state index in [0.717, 1.165) is 23.3 Å². The minimum atomic E-state index is -1.01. The van der Waals surface area contributed by atoms with Crippen LogP contribution < -0.4 is 5.32 Å². The number of amides is 3. The third-order valence-corrected chi connectivity index (χ3v) is 5.70. The van der Waals surface area contributed by atoms with Crippen LogP contribution in [0.3, 0.4) is 0 Å². The Kier molecular flexibility index (Phi) is 5.52. The molecule has 3 amide bonds. The lowest BCUT2D eigenvalue weighted by atomic mass is 9.86. The number of nitrogens with zero attached hydrogens (tertiary/aromatic N) is 1. The molecule has 1 aliphatic carbocycles. The summed E-state index contributed by atoms with van der Waals surface area (Å²) in [4.78, 5) is 50.5. The first kappa shape index (κ1) is 21.0. The van der Waals surface area contributed by atoms with Gasteiger partial charge in [-0.2, -0.15) is 0 Å². The van der Waals surface area contributed by atoms with Crippen LogP contribution in [0.4, 0.5) is 4.79 Å². The molecule has 1 aromatic carbocycles. The number of carbonyl (C=O) groups excluding carboxylic acids is 4. The highest BCUT2D eigenvalue weighted by Crippen LogP contribution is 2.35. The smallest absolute Gasteiger partial charge is 0.326 e. The zero-order valence-electron chi connectivity index (χ0n) is 17.4. The quantitative estimate of drug-likeness (QED) is 0.466. The molecule has 0 bridgehead atoms. The van der Waals surface area contributed by atoms with E-state index in [4.69, 9.17) is 4.74 Å². The maximum Gasteiger partial charge on any atom is 0.326 e. The molecule has 1 aliphatic heterocycles. The van der Waals surface area contributed by atoms with Gasteiger partial charge in [-0.25, -0.2) is 4.79 Å². The number of ketones is 1. The molecule has 1 heterocycles. The zero-order valence-corrected chi connectivity index (χ0v) is 17.4. The Morgan fingerprint density at radius 1 is 1.14 bits per heavy atom. The van der Waals surface area contributed by atoms with Crippen LogP contribution in [0.1, 0.15) is 69.3 Å². The number of hydrogen-bond acceptors (Lipinski definition) is 5. The second-order valence-electron chi connectivity index (χ2n) is 8.93. The minimum absolute atomic E-state index is 0.0286. The molecule has 29 heavy (non-hydrogen) atoms. The fraction of sp³-hybridized carbons (Fsp3) is 0.545. The van der Waals surface area contributed by atoms with Crippen LogP contribution in [-0.4, -0.2) is 46.8 Å². The average Bonchev–Trinajstić information content (AvgIpc) is 3.21. The number of esters is 1. The van der Waals surface area contributed by atoms with Crippen LogP contribution in [0, 0.1) is 0 Å². The molecule has 0 radical (unpaired) electrons. The van der Waals surface area contributed by atoms with Crippen molar-refractivity contribution in [1.82, 2.24) is 10.2 Å². The highest BCUT2D eigenvalue weighted by Gasteiger charge is 2.52. The van der Waals surface area contributed by atoms with Gasteiger partial charge in [-0.3, -0.25) is 19.3 Å². The average molecular weight is 400 g/mol. The van der Waals surface area contributed by atoms with E-state index >= 15 is 0 Å². The van der Waals surface area contributed by atoms with Gasteiger partial charge in [-0.05, 0) is 30.7 Å². The van der Waals surface area contributed by atoms with Crippen molar-refractivity contribution < 1.29 is 23.9 Å². The van der Waals surface area contributed by atoms with Gasteiger partial charge in [0.15, 0.2) is 6.10 Å².